The van der Waals surface area contributed by atoms with E-state index in [2.05, 4.69) is 5.32 Å². The van der Waals surface area contributed by atoms with Crippen LogP contribution in [0.2, 0.25) is 5.02 Å². The minimum Gasteiger partial charge on any atom is -0.496 e. The average molecular weight is 521 g/mol. The van der Waals surface area contributed by atoms with Gasteiger partial charge in [0.2, 0.25) is 0 Å². The molecule has 0 fully saturated rings. The number of carbonyl (C=O) groups excluding carboxylic acids is 1. The number of amides is 1. The lowest BCUT2D eigenvalue weighted by Crippen LogP contribution is -2.29. The Morgan fingerprint density at radius 2 is 1.71 bits per heavy atom. The zero-order valence-corrected chi connectivity index (χ0v) is 20.7. The van der Waals surface area contributed by atoms with Gasteiger partial charge in [-0.25, -0.2) is 16.8 Å². The van der Waals surface area contributed by atoms with Crippen molar-refractivity contribution in [3.8, 4) is 5.75 Å². The van der Waals surface area contributed by atoms with Crippen LogP contribution in [0.15, 0.2) is 70.5 Å². The number of hydrogen-bond donors (Lipinski definition) is 1. The summed E-state index contributed by atoms with van der Waals surface area (Å²) in [6.07, 6.45) is 1.63. The van der Waals surface area contributed by atoms with E-state index in [9.17, 15) is 21.6 Å². The fourth-order valence-corrected chi connectivity index (χ4v) is 6.07. The van der Waals surface area contributed by atoms with Gasteiger partial charge in [-0.05, 0) is 54.4 Å². The highest BCUT2D eigenvalue weighted by Gasteiger charge is 2.31. The summed E-state index contributed by atoms with van der Waals surface area (Å²) >= 11 is 6.15. The van der Waals surface area contributed by atoms with Crippen molar-refractivity contribution in [2.24, 2.45) is 0 Å². The van der Waals surface area contributed by atoms with Crippen LogP contribution in [0.5, 0.6) is 5.75 Å². The molecule has 1 N–H and O–H groups in total. The van der Waals surface area contributed by atoms with E-state index in [0.29, 0.717) is 18.7 Å². The maximum atomic E-state index is 13.4. The molecule has 0 aliphatic carbocycles. The third-order valence-corrected chi connectivity index (χ3v) is 8.71. The number of nitrogens with zero attached hydrogens (tertiary/aromatic N) is 1. The highest BCUT2D eigenvalue weighted by Crippen LogP contribution is 2.34. The molecule has 34 heavy (non-hydrogen) atoms. The summed E-state index contributed by atoms with van der Waals surface area (Å²) in [5, 5.41) is 2.68. The molecule has 0 spiro atoms. The van der Waals surface area contributed by atoms with Crippen LogP contribution in [-0.4, -0.2) is 42.7 Å². The number of hydrogen-bond acceptors (Lipinski definition) is 6. The van der Waals surface area contributed by atoms with Crippen molar-refractivity contribution >= 4 is 48.7 Å². The Balaban J connectivity index is 1.71. The molecule has 3 aromatic carbocycles. The molecule has 1 heterocycles. The monoisotopic (exact) mass is 520 g/mol. The number of benzene rings is 3. The maximum absolute atomic E-state index is 13.4. The Kier molecular flexibility index (Phi) is 6.32. The lowest BCUT2D eigenvalue weighted by atomic mass is 10.2. The van der Waals surface area contributed by atoms with Crippen molar-refractivity contribution in [3.05, 3.63) is 76.8 Å². The largest absolute Gasteiger partial charge is 0.496 e. The first-order chi connectivity index (χ1) is 16.0. The maximum Gasteiger partial charge on any atom is 0.264 e. The van der Waals surface area contributed by atoms with Gasteiger partial charge in [0.1, 0.15) is 5.75 Å². The Bertz CT molecular complexity index is 1500. The van der Waals surface area contributed by atoms with Crippen molar-refractivity contribution in [1.82, 2.24) is 0 Å². The van der Waals surface area contributed by atoms with E-state index in [1.165, 1.54) is 47.8 Å². The molecule has 0 saturated heterocycles. The summed E-state index contributed by atoms with van der Waals surface area (Å²) in [7, 11) is -6.13. The number of rotatable bonds is 6. The van der Waals surface area contributed by atoms with E-state index in [1.807, 2.05) is 12.1 Å². The summed E-state index contributed by atoms with van der Waals surface area (Å²) in [5.41, 5.74) is 1.56. The first-order valence-corrected chi connectivity index (χ1v) is 13.8. The van der Waals surface area contributed by atoms with Crippen LogP contribution in [0.25, 0.3) is 0 Å². The van der Waals surface area contributed by atoms with Crippen LogP contribution in [0, 0.1) is 0 Å². The molecule has 0 radical (unpaired) electrons. The van der Waals surface area contributed by atoms with E-state index in [1.54, 1.807) is 12.1 Å². The summed E-state index contributed by atoms with van der Waals surface area (Å²) in [4.78, 5) is 13.0. The van der Waals surface area contributed by atoms with Gasteiger partial charge in [-0.1, -0.05) is 29.8 Å². The number of para-hydroxylation sites is 1. The van der Waals surface area contributed by atoms with Crippen LogP contribution >= 0.6 is 11.6 Å². The van der Waals surface area contributed by atoms with Crippen LogP contribution < -0.4 is 14.4 Å². The molecular formula is C23H21ClN2O6S2. The van der Waals surface area contributed by atoms with E-state index >= 15 is 0 Å². The van der Waals surface area contributed by atoms with Crippen molar-refractivity contribution in [3.63, 3.8) is 0 Å². The van der Waals surface area contributed by atoms with Crippen LogP contribution in [0.4, 0.5) is 11.4 Å². The Morgan fingerprint density at radius 1 is 1.00 bits per heavy atom. The predicted molar refractivity (Wildman–Crippen MR) is 130 cm³/mol. The molecule has 11 heteroatoms. The standard InChI is InChI=1S/C23H21ClN2O6S2/c1-32-22-10-8-17(34(30,31)26-12-11-15-5-3-4-6-21(15)26)13-18(22)23(27)25-20-14-16(33(2,28)29)7-9-19(20)24/h3-10,13-14H,11-12H2,1-2H3,(H,25,27). The van der Waals surface area contributed by atoms with Gasteiger partial charge in [-0.3, -0.25) is 9.10 Å². The van der Waals surface area contributed by atoms with Crippen molar-refractivity contribution in [1.29, 1.82) is 0 Å². The third-order valence-electron chi connectivity index (χ3n) is 5.46. The minimum absolute atomic E-state index is 0.0248. The van der Waals surface area contributed by atoms with Gasteiger partial charge in [0, 0.05) is 12.8 Å². The number of halogens is 1. The minimum atomic E-state index is -3.95. The van der Waals surface area contributed by atoms with E-state index in [4.69, 9.17) is 16.3 Å². The quantitative estimate of drug-likeness (QED) is 0.530. The van der Waals surface area contributed by atoms with Crippen molar-refractivity contribution in [2.45, 2.75) is 16.2 Å². The van der Waals surface area contributed by atoms with Gasteiger partial charge in [0.25, 0.3) is 15.9 Å². The molecule has 1 aliphatic rings. The second kappa shape index (κ2) is 8.94. The molecule has 0 aromatic heterocycles. The van der Waals surface area contributed by atoms with E-state index in [-0.39, 0.29) is 31.8 Å². The highest BCUT2D eigenvalue weighted by atomic mass is 35.5. The summed E-state index contributed by atoms with van der Waals surface area (Å²) in [5.74, 6) is -0.558. The average Bonchev–Trinajstić information content (AvgIpc) is 3.24. The molecule has 1 amide bonds. The molecule has 0 saturated carbocycles. The summed E-state index contributed by atoms with van der Waals surface area (Å²) < 4.78 is 57.1. The molecule has 178 valence electrons. The summed E-state index contributed by atoms with van der Waals surface area (Å²) in [6, 6.07) is 15.2. The molecule has 3 aromatic rings. The molecule has 0 bridgehead atoms. The molecule has 0 atom stereocenters. The fourth-order valence-electron chi connectivity index (χ4n) is 3.73. The van der Waals surface area contributed by atoms with Crippen LogP contribution in [-0.2, 0) is 26.3 Å². The molecular weight excluding hydrogens is 500 g/mol. The Labute approximate surface area is 203 Å². The number of carbonyl (C=O) groups is 1. The Morgan fingerprint density at radius 3 is 2.41 bits per heavy atom. The summed E-state index contributed by atoms with van der Waals surface area (Å²) in [6.45, 7) is 0.295. The third kappa shape index (κ3) is 4.48. The number of nitrogens with one attached hydrogen (secondary N) is 1. The SMILES string of the molecule is COc1ccc(S(=O)(=O)N2CCc3ccccc32)cc1C(=O)Nc1cc(S(C)(=O)=O)ccc1Cl. The normalized spacial score (nSPS) is 13.4. The van der Waals surface area contributed by atoms with Crippen molar-refractivity contribution < 1.29 is 26.4 Å². The van der Waals surface area contributed by atoms with E-state index < -0.39 is 25.8 Å². The first-order valence-electron chi connectivity index (χ1n) is 10.1. The number of fused-ring (bicyclic) bond motifs is 1. The van der Waals surface area contributed by atoms with Crippen LogP contribution in [0.1, 0.15) is 15.9 Å². The van der Waals surface area contributed by atoms with Gasteiger partial charge in [0.15, 0.2) is 9.84 Å². The van der Waals surface area contributed by atoms with Gasteiger partial charge in [-0.2, -0.15) is 0 Å². The Hall–Kier alpha value is -3.08. The van der Waals surface area contributed by atoms with Crippen molar-refractivity contribution in [2.75, 3.05) is 29.5 Å². The molecule has 4 rings (SSSR count). The van der Waals surface area contributed by atoms with Gasteiger partial charge < -0.3 is 10.1 Å². The zero-order chi connectivity index (χ0) is 24.7. The second-order valence-electron chi connectivity index (χ2n) is 7.69. The molecule has 8 nitrogen and oxygen atoms in total. The number of ether oxygens (including phenoxy) is 1. The zero-order valence-electron chi connectivity index (χ0n) is 18.3. The lowest BCUT2D eigenvalue weighted by Gasteiger charge is -2.20. The number of sulfone groups is 1. The lowest BCUT2D eigenvalue weighted by molar-refractivity contribution is 0.102. The molecule has 1 aliphatic heterocycles. The molecule has 0 unspecified atom stereocenters. The van der Waals surface area contributed by atoms with E-state index in [0.717, 1.165) is 11.8 Å². The van der Waals surface area contributed by atoms with Gasteiger partial charge in [-0.15, -0.1) is 0 Å². The van der Waals surface area contributed by atoms with Gasteiger partial charge >= 0.3 is 0 Å². The number of methoxy groups -OCH3 is 1. The second-order valence-corrected chi connectivity index (χ2v) is 12.0. The predicted octanol–water partition coefficient (Wildman–Crippen LogP) is 3.76. The smallest absolute Gasteiger partial charge is 0.264 e. The number of anilines is 2. The first kappa shape index (κ1) is 24.1. The highest BCUT2D eigenvalue weighted by molar-refractivity contribution is 7.92. The number of sulfonamides is 1. The van der Waals surface area contributed by atoms with Crippen LogP contribution in [0.3, 0.4) is 0 Å². The van der Waals surface area contributed by atoms with Gasteiger partial charge in [0.05, 0.1) is 38.9 Å². The fraction of sp³-hybridized carbons (Fsp3) is 0.174. The topological polar surface area (TPSA) is 110 Å².